The summed E-state index contributed by atoms with van der Waals surface area (Å²) in [4.78, 5) is 17.9. The van der Waals surface area contributed by atoms with Crippen LogP contribution in [0.5, 0.6) is 0 Å². The van der Waals surface area contributed by atoms with E-state index in [1.54, 1.807) is 0 Å². The minimum atomic E-state index is -0.153. The van der Waals surface area contributed by atoms with Gasteiger partial charge in [-0.05, 0) is 44.7 Å². The van der Waals surface area contributed by atoms with Crippen LogP contribution in [-0.2, 0) is 4.79 Å². The van der Waals surface area contributed by atoms with Gasteiger partial charge in [-0.2, -0.15) is 0 Å². The number of carbonyl (C=O) groups excluding carboxylic acids is 1. The molecule has 140 valence electrons. The summed E-state index contributed by atoms with van der Waals surface area (Å²) in [5.41, 5.74) is 5.42. The fourth-order valence-electron chi connectivity index (χ4n) is 3.11. The molecule has 1 saturated heterocycles. The molecular formula is C18H37N5O. The maximum absolute atomic E-state index is 11.3. The molecule has 1 atom stereocenters. The standard InChI is InChI=1S/C18H37N5O/c1-15(2)8-4-5-10-21-18(20-3)22-11-7-13-23-12-6-9-16(14-23)17(19)24/h15-16H,4-14H2,1-3H3,(H2,19,24)(H2,20,21,22). The molecule has 1 aliphatic rings. The highest BCUT2D eigenvalue weighted by Crippen LogP contribution is 2.15. The number of guanidine groups is 1. The lowest BCUT2D eigenvalue weighted by atomic mass is 9.97. The van der Waals surface area contributed by atoms with Crippen molar-refractivity contribution in [2.24, 2.45) is 22.6 Å². The van der Waals surface area contributed by atoms with Crippen molar-refractivity contribution in [2.45, 2.75) is 52.4 Å². The zero-order valence-corrected chi connectivity index (χ0v) is 15.8. The molecule has 0 saturated carbocycles. The Morgan fingerprint density at radius 3 is 2.58 bits per heavy atom. The molecule has 1 heterocycles. The van der Waals surface area contributed by atoms with Crippen LogP contribution in [0, 0.1) is 11.8 Å². The summed E-state index contributed by atoms with van der Waals surface area (Å²) in [5.74, 6) is 1.55. The molecule has 0 bridgehead atoms. The summed E-state index contributed by atoms with van der Waals surface area (Å²) in [7, 11) is 1.81. The molecule has 1 fully saturated rings. The Kier molecular flexibility index (Phi) is 10.5. The third-order valence-corrected chi connectivity index (χ3v) is 4.58. The second-order valence-electron chi connectivity index (χ2n) is 7.21. The fraction of sp³-hybridized carbons (Fsp3) is 0.889. The third-order valence-electron chi connectivity index (χ3n) is 4.58. The molecular weight excluding hydrogens is 302 g/mol. The van der Waals surface area contributed by atoms with E-state index in [0.29, 0.717) is 0 Å². The Balaban J connectivity index is 2.08. The summed E-state index contributed by atoms with van der Waals surface area (Å²) in [6, 6.07) is 0. The molecule has 0 aliphatic carbocycles. The van der Waals surface area contributed by atoms with Crippen LogP contribution in [0.15, 0.2) is 4.99 Å². The summed E-state index contributed by atoms with van der Waals surface area (Å²) in [5, 5.41) is 6.73. The van der Waals surface area contributed by atoms with Crippen molar-refractivity contribution < 1.29 is 4.79 Å². The molecule has 24 heavy (non-hydrogen) atoms. The van der Waals surface area contributed by atoms with E-state index in [1.807, 2.05) is 7.05 Å². The number of nitrogens with two attached hydrogens (primary N) is 1. The van der Waals surface area contributed by atoms with Gasteiger partial charge >= 0.3 is 0 Å². The van der Waals surface area contributed by atoms with E-state index >= 15 is 0 Å². The molecule has 0 radical (unpaired) electrons. The van der Waals surface area contributed by atoms with Gasteiger partial charge in [-0.15, -0.1) is 0 Å². The van der Waals surface area contributed by atoms with E-state index in [-0.39, 0.29) is 11.8 Å². The number of nitrogens with one attached hydrogen (secondary N) is 2. The van der Waals surface area contributed by atoms with Gasteiger partial charge in [0.1, 0.15) is 0 Å². The van der Waals surface area contributed by atoms with Gasteiger partial charge in [0.15, 0.2) is 5.96 Å². The predicted molar refractivity (Wildman–Crippen MR) is 101 cm³/mol. The Morgan fingerprint density at radius 1 is 1.25 bits per heavy atom. The average Bonchev–Trinajstić information content (AvgIpc) is 2.56. The van der Waals surface area contributed by atoms with Crippen LogP contribution in [-0.4, -0.2) is 56.5 Å². The van der Waals surface area contributed by atoms with Gasteiger partial charge in [-0.3, -0.25) is 9.79 Å². The molecule has 4 N–H and O–H groups in total. The largest absolute Gasteiger partial charge is 0.369 e. The smallest absolute Gasteiger partial charge is 0.221 e. The monoisotopic (exact) mass is 339 g/mol. The van der Waals surface area contributed by atoms with E-state index < -0.39 is 0 Å². The lowest BCUT2D eigenvalue weighted by Crippen LogP contribution is -2.43. The van der Waals surface area contributed by atoms with Crippen LogP contribution in [0.3, 0.4) is 0 Å². The third kappa shape index (κ3) is 9.11. The quantitative estimate of drug-likeness (QED) is 0.320. The van der Waals surface area contributed by atoms with Crippen molar-refractivity contribution in [3.63, 3.8) is 0 Å². The number of nitrogens with zero attached hydrogens (tertiary/aromatic N) is 2. The van der Waals surface area contributed by atoms with Gasteiger partial charge in [-0.25, -0.2) is 0 Å². The number of unbranched alkanes of at least 4 members (excludes halogenated alkanes) is 1. The van der Waals surface area contributed by atoms with Gasteiger partial charge in [0.2, 0.25) is 5.91 Å². The van der Waals surface area contributed by atoms with Crippen LogP contribution < -0.4 is 16.4 Å². The average molecular weight is 340 g/mol. The fourth-order valence-corrected chi connectivity index (χ4v) is 3.11. The lowest BCUT2D eigenvalue weighted by Gasteiger charge is -2.31. The highest BCUT2D eigenvalue weighted by Gasteiger charge is 2.23. The summed E-state index contributed by atoms with van der Waals surface area (Å²) >= 11 is 0. The maximum atomic E-state index is 11.3. The minimum Gasteiger partial charge on any atom is -0.369 e. The number of hydrogen-bond donors (Lipinski definition) is 3. The number of likely N-dealkylation sites (tertiary alicyclic amines) is 1. The molecule has 1 rings (SSSR count). The van der Waals surface area contributed by atoms with Crippen molar-refractivity contribution in [3.8, 4) is 0 Å². The van der Waals surface area contributed by atoms with Crippen LogP contribution in [0.25, 0.3) is 0 Å². The second-order valence-corrected chi connectivity index (χ2v) is 7.21. The first kappa shape index (κ1) is 20.7. The zero-order chi connectivity index (χ0) is 17.8. The SMILES string of the molecule is CN=C(NCCCCC(C)C)NCCCN1CCCC(C(N)=O)C1. The molecule has 1 unspecified atom stereocenters. The zero-order valence-electron chi connectivity index (χ0n) is 15.8. The highest BCUT2D eigenvalue weighted by atomic mass is 16.1. The first-order valence-corrected chi connectivity index (χ1v) is 9.49. The van der Waals surface area contributed by atoms with Crippen LogP contribution in [0.4, 0.5) is 0 Å². The van der Waals surface area contributed by atoms with E-state index in [9.17, 15) is 4.79 Å². The molecule has 0 aromatic rings. The minimum absolute atomic E-state index is 0.0342. The van der Waals surface area contributed by atoms with Crippen molar-refractivity contribution in [2.75, 3.05) is 39.8 Å². The second kappa shape index (κ2) is 12.1. The normalized spacial score (nSPS) is 19.5. The van der Waals surface area contributed by atoms with Crippen LogP contribution in [0.2, 0.25) is 0 Å². The van der Waals surface area contributed by atoms with Crippen molar-refractivity contribution in [1.29, 1.82) is 0 Å². The Bertz CT molecular complexity index is 384. The number of amides is 1. The van der Waals surface area contributed by atoms with E-state index in [0.717, 1.165) is 63.9 Å². The Hall–Kier alpha value is -1.30. The van der Waals surface area contributed by atoms with Crippen molar-refractivity contribution in [3.05, 3.63) is 0 Å². The number of hydrogen-bond acceptors (Lipinski definition) is 3. The Morgan fingerprint density at radius 2 is 1.96 bits per heavy atom. The van der Waals surface area contributed by atoms with Crippen LogP contribution >= 0.6 is 0 Å². The molecule has 0 aromatic carbocycles. The molecule has 0 spiro atoms. The summed E-state index contributed by atoms with van der Waals surface area (Å²) in [6.45, 7) is 9.29. The first-order valence-electron chi connectivity index (χ1n) is 9.49. The van der Waals surface area contributed by atoms with Gasteiger partial charge in [0.05, 0.1) is 5.92 Å². The van der Waals surface area contributed by atoms with E-state index in [1.165, 1.54) is 19.3 Å². The number of primary amides is 1. The maximum Gasteiger partial charge on any atom is 0.221 e. The Labute approximate surface area is 147 Å². The molecule has 1 aliphatic heterocycles. The first-order chi connectivity index (χ1) is 11.5. The van der Waals surface area contributed by atoms with Crippen LogP contribution in [0.1, 0.15) is 52.4 Å². The van der Waals surface area contributed by atoms with Gasteiger partial charge < -0.3 is 21.3 Å². The lowest BCUT2D eigenvalue weighted by molar-refractivity contribution is -0.123. The number of carbonyl (C=O) groups is 1. The molecule has 0 aromatic heterocycles. The van der Waals surface area contributed by atoms with E-state index in [4.69, 9.17) is 5.73 Å². The van der Waals surface area contributed by atoms with Gasteiger partial charge in [-0.1, -0.05) is 26.7 Å². The van der Waals surface area contributed by atoms with Crippen molar-refractivity contribution >= 4 is 11.9 Å². The number of rotatable bonds is 10. The topological polar surface area (TPSA) is 82.8 Å². The number of piperidine rings is 1. The number of aliphatic imine (C=N–C) groups is 1. The van der Waals surface area contributed by atoms with Gasteiger partial charge in [0, 0.05) is 26.7 Å². The molecule has 6 heteroatoms. The van der Waals surface area contributed by atoms with Crippen molar-refractivity contribution in [1.82, 2.24) is 15.5 Å². The van der Waals surface area contributed by atoms with E-state index in [2.05, 4.69) is 34.4 Å². The highest BCUT2D eigenvalue weighted by molar-refractivity contribution is 5.79. The van der Waals surface area contributed by atoms with Gasteiger partial charge in [0.25, 0.3) is 0 Å². The summed E-state index contributed by atoms with van der Waals surface area (Å²) in [6.07, 6.45) is 6.78. The predicted octanol–water partition coefficient (Wildman–Crippen LogP) is 1.57. The molecule has 1 amide bonds. The molecule has 6 nitrogen and oxygen atoms in total. The summed E-state index contributed by atoms with van der Waals surface area (Å²) < 4.78 is 0.